The molecule has 8 unspecified atom stereocenters. The number of hydrogen-bond donors (Lipinski definition) is 0. The molecule has 2 aliphatic rings. The summed E-state index contributed by atoms with van der Waals surface area (Å²) < 4.78 is 137. The topological polar surface area (TPSA) is 145 Å². The third-order valence-electron chi connectivity index (χ3n) is 14.2. The molecule has 0 radical (unpaired) electrons. The lowest BCUT2D eigenvalue weighted by atomic mass is 9.96. The molecule has 0 aromatic heterocycles. The van der Waals surface area contributed by atoms with E-state index in [1.54, 1.807) is 182 Å². The molecule has 16 atom stereocenters. The highest BCUT2D eigenvalue weighted by molar-refractivity contribution is 5.89. The number of rotatable bonds is 34. The van der Waals surface area contributed by atoms with Crippen LogP contribution in [0.3, 0.4) is 0 Å². The van der Waals surface area contributed by atoms with Crippen LogP contribution >= 0.6 is 0 Å². The molecule has 0 amide bonds. The van der Waals surface area contributed by atoms with Gasteiger partial charge < -0.3 is 56.8 Å². The van der Waals surface area contributed by atoms with Crippen molar-refractivity contribution in [3.8, 4) is 0 Å². The third-order valence-corrected chi connectivity index (χ3v) is 14.2. The van der Waals surface area contributed by atoms with E-state index < -0.39 is 113 Å². The van der Waals surface area contributed by atoms with Crippen LogP contribution in [0.25, 0.3) is 0 Å². The Morgan fingerprint density at radius 3 is 1.16 bits per heavy atom. The Hall–Kier alpha value is -6.92. The van der Waals surface area contributed by atoms with E-state index >= 15 is 0 Å². The van der Waals surface area contributed by atoms with Gasteiger partial charge in [-0.05, 0) is 58.4 Å². The fourth-order valence-corrected chi connectivity index (χ4v) is 9.77. The Morgan fingerprint density at radius 2 is 0.741 bits per heavy atom. The second-order valence-corrected chi connectivity index (χ2v) is 20.5. The minimum Gasteiger partial charge on any atom is -0.469 e. The molecule has 0 spiro atoms. The van der Waals surface area contributed by atoms with E-state index in [0.717, 1.165) is 25.7 Å². The fraction of sp³-hybridized carbons (Fsp3) is 0.380. The number of ether oxygens (including phenoxy) is 12. The summed E-state index contributed by atoms with van der Waals surface area (Å²) in [5.74, 6) is -1.09. The van der Waals surface area contributed by atoms with Crippen LogP contribution in [0.4, 0.5) is 0 Å². The van der Waals surface area contributed by atoms with Crippen LogP contribution in [0.1, 0.15) is 96.9 Å². The second kappa shape index (κ2) is 34.9. The third kappa shape index (κ3) is 20.1. The molecule has 7 aromatic carbocycles. The lowest BCUT2D eigenvalue weighted by molar-refractivity contribution is -0.379. The number of unbranched alkanes of at least 4 members (excludes halogenated alkanes) is 5. The van der Waals surface area contributed by atoms with E-state index in [0.29, 0.717) is 52.6 Å². The van der Waals surface area contributed by atoms with Crippen LogP contribution < -0.4 is 0 Å². The SMILES string of the molecule is [2H]C(OC[C@H]1OC(O[C@@H]2C(OCCCCCCCCC(=O)OC)O[C@H](COC([2H])c3ccccc3)[C@@H](OC([2H])c3ccccc3)[C@@H]2OC([2H])c2ccccc2)[C@@H](OC(=O)c2ccccc2)[C@@H](OC([2H])c2ccccc2)[C@@H]1OC([2H])c1ccccc1)c1ccccc1. The summed E-state index contributed by atoms with van der Waals surface area (Å²) in [5, 5.41) is 0. The van der Waals surface area contributed by atoms with Crippen molar-refractivity contribution in [3.05, 3.63) is 251 Å². The maximum atomic E-state index is 14.8. The Bertz CT molecular complexity index is 3180. The van der Waals surface area contributed by atoms with E-state index in [1.165, 1.54) is 7.11 Å². The predicted molar refractivity (Wildman–Crippen MR) is 320 cm³/mol. The van der Waals surface area contributed by atoms with Crippen LogP contribution in [-0.2, 0) is 101 Å². The number of carbonyl (C=O) groups excluding carboxylic acids is 2. The Balaban J connectivity index is 1.17. The van der Waals surface area contributed by atoms with Crippen molar-refractivity contribution in [2.45, 2.75) is 146 Å². The van der Waals surface area contributed by atoms with Gasteiger partial charge in [-0.3, -0.25) is 4.79 Å². The Morgan fingerprint density at radius 1 is 0.388 bits per heavy atom. The highest BCUT2D eigenvalue weighted by Gasteiger charge is 2.55. The molecule has 85 heavy (non-hydrogen) atoms. The summed E-state index contributed by atoms with van der Waals surface area (Å²) in [6, 6.07) is 61.3. The molecule has 0 bridgehead atoms. The molecule has 0 aliphatic carbocycles. The van der Waals surface area contributed by atoms with Gasteiger partial charge in [-0.15, -0.1) is 0 Å². The molecule has 0 N–H and O–H groups in total. The summed E-state index contributed by atoms with van der Waals surface area (Å²) in [5.41, 5.74) is 3.04. The number of esters is 2. The number of methoxy groups -OCH3 is 1. The summed E-state index contributed by atoms with van der Waals surface area (Å²) in [6.45, 7) is -8.78. The van der Waals surface area contributed by atoms with Crippen LogP contribution in [0.5, 0.6) is 0 Å². The highest BCUT2D eigenvalue weighted by Crippen LogP contribution is 2.37. The van der Waals surface area contributed by atoms with Crippen LogP contribution in [0.15, 0.2) is 212 Å². The van der Waals surface area contributed by atoms with Gasteiger partial charge >= 0.3 is 11.9 Å². The predicted octanol–water partition coefficient (Wildman–Crippen LogP) is 12.7. The molecule has 14 heteroatoms. The summed E-state index contributed by atoms with van der Waals surface area (Å²) in [6.07, 6.45) is -9.84. The number of benzene rings is 7. The standard InChI is InChI=1S/C71H80O14/c1-74-62(72)43-27-4-2-3-5-28-44-77-70-67(65(80-49-57-37-21-10-22-38-57)63(78-47-55-33-17-8-18-34-55)60(82-70)51-75-45-53-29-13-6-14-30-53)85-71-68(84-69(73)59-41-25-12-26-42-59)66(81-50-58-39-23-11-24-40-58)64(79-48-56-35-19-9-20-36-56)61(83-71)52-76-46-54-31-15-7-16-32-54/h6-26,29-42,60-61,63-68,70-71H,2-5,27-28,43-52H2,1H3/t60-,61-,63-,64-,65+,66+,67+,68+,70?,71?/m1/s1/i45D,46D,47D,48D,49D,50D/t45?,46?,47?,48?,49?,50?,60-,61-,63-,64-,65+,66+,67+,68+,70?,71?. The van der Waals surface area contributed by atoms with E-state index in [4.69, 9.17) is 58.2 Å². The van der Waals surface area contributed by atoms with Gasteiger partial charge in [0.15, 0.2) is 18.7 Å². The molecule has 2 aliphatic heterocycles. The van der Waals surface area contributed by atoms with Crippen molar-refractivity contribution >= 4 is 11.9 Å². The first-order valence-corrected chi connectivity index (χ1v) is 29.0. The zero-order valence-electron chi connectivity index (χ0n) is 53.7. The highest BCUT2D eigenvalue weighted by atomic mass is 16.8. The zero-order valence-corrected chi connectivity index (χ0v) is 47.7. The van der Waals surface area contributed by atoms with Crippen LogP contribution in [0.2, 0.25) is 0 Å². The van der Waals surface area contributed by atoms with Crippen molar-refractivity contribution in [1.82, 2.24) is 0 Å². The van der Waals surface area contributed by atoms with E-state index in [-0.39, 0.29) is 24.7 Å². The molecule has 2 fully saturated rings. The second-order valence-electron chi connectivity index (χ2n) is 20.5. The molecule has 7 aromatic rings. The summed E-state index contributed by atoms with van der Waals surface area (Å²) in [4.78, 5) is 26.7. The number of carbonyl (C=O) groups is 2. The van der Waals surface area contributed by atoms with Gasteiger partial charge in [0.25, 0.3) is 0 Å². The first-order valence-electron chi connectivity index (χ1n) is 32.5. The molecule has 2 saturated heterocycles. The number of hydrogen-bond acceptors (Lipinski definition) is 14. The van der Waals surface area contributed by atoms with Gasteiger partial charge in [0.2, 0.25) is 0 Å². The van der Waals surface area contributed by atoms with Crippen LogP contribution in [-0.4, -0.2) is 100 Å². The maximum absolute atomic E-state index is 14.8. The average Bonchev–Trinajstić information content (AvgIpc) is 1.03. The Labute approximate surface area is 508 Å². The molecule has 0 saturated carbocycles. The van der Waals surface area contributed by atoms with Crippen molar-refractivity contribution in [2.75, 3.05) is 26.9 Å². The largest absolute Gasteiger partial charge is 0.469 e. The van der Waals surface area contributed by atoms with Gasteiger partial charge in [-0.25, -0.2) is 4.79 Å². The quantitative estimate of drug-likeness (QED) is 0.0279. The van der Waals surface area contributed by atoms with Crippen molar-refractivity contribution < 1.29 is 74.7 Å². The smallest absolute Gasteiger partial charge is 0.338 e. The summed E-state index contributed by atoms with van der Waals surface area (Å²) >= 11 is 0. The molecular formula is C71H80O14. The van der Waals surface area contributed by atoms with Crippen molar-refractivity contribution in [3.63, 3.8) is 0 Å². The van der Waals surface area contributed by atoms with Crippen LogP contribution in [0, 0.1) is 0 Å². The average molecular weight is 1160 g/mol. The molecule has 14 nitrogen and oxygen atoms in total. The van der Waals surface area contributed by atoms with Gasteiger partial charge in [-0.1, -0.05) is 226 Å². The normalized spacial score (nSPS) is 25.4. The van der Waals surface area contributed by atoms with Gasteiger partial charge in [0.1, 0.15) is 42.7 Å². The lowest BCUT2D eigenvalue weighted by Crippen LogP contribution is -2.66. The minimum atomic E-state index is -1.77. The van der Waals surface area contributed by atoms with E-state index in [1.807, 2.05) is 30.3 Å². The van der Waals surface area contributed by atoms with E-state index in [2.05, 4.69) is 0 Å². The Kier molecular flexibility index (Phi) is 22.5. The molecule has 9 rings (SSSR count). The molecule has 448 valence electrons. The van der Waals surface area contributed by atoms with Gasteiger partial charge in [0, 0.05) is 13.0 Å². The maximum Gasteiger partial charge on any atom is 0.338 e. The summed E-state index contributed by atoms with van der Waals surface area (Å²) in [7, 11) is 1.38. The monoisotopic (exact) mass is 1160 g/mol. The molecule has 2 heterocycles. The zero-order chi connectivity index (χ0) is 63.7. The molecular weight excluding hydrogens is 1080 g/mol. The fourth-order valence-electron chi connectivity index (χ4n) is 9.77. The lowest BCUT2D eigenvalue weighted by Gasteiger charge is -2.50. The van der Waals surface area contributed by atoms with Gasteiger partial charge in [0.05, 0.1) is 73.6 Å². The van der Waals surface area contributed by atoms with Gasteiger partial charge in [-0.2, -0.15) is 0 Å². The first kappa shape index (κ1) is 54.7. The van der Waals surface area contributed by atoms with E-state index in [9.17, 15) is 16.4 Å². The first-order chi connectivity index (χ1) is 44.4. The van der Waals surface area contributed by atoms with Crippen molar-refractivity contribution in [2.24, 2.45) is 0 Å². The van der Waals surface area contributed by atoms with Crippen molar-refractivity contribution in [1.29, 1.82) is 0 Å². The minimum absolute atomic E-state index is 0.0973.